The van der Waals surface area contributed by atoms with Gasteiger partial charge in [0, 0.05) is 11.1 Å². The van der Waals surface area contributed by atoms with Crippen molar-refractivity contribution in [2.45, 2.75) is 20.1 Å². The Morgan fingerprint density at radius 1 is 1.15 bits per heavy atom. The van der Waals surface area contributed by atoms with Crippen molar-refractivity contribution in [2.75, 3.05) is 7.11 Å². The molecule has 0 aliphatic rings. The molecule has 0 unspecified atom stereocenters. The number of ketones is 1. The van der Waals surface area contributed by atoms with E-state index in [2.05, 4.69) is 0 Å². The number of hydrogen-bond acceptors (Lipinski definition) is 6. The molecule has 0 amide bonds. The van der Waals surface area contributed by atoms with Gasteiger partial charge in [-0.05, 0) is 37.3 Å². The van der Waals surface area contributed by atoms with Crippen molar-refractivity contribution < 1.29 is 23.5 Å². The predicted octanol–water partition coefficient (Wildman–Crippen LogP) is 2.55. The highest BCUT2D eigenvalue weighted by Crippen LogP contribution is 2.21. The van der Waals surface area contributed by atoms with E-state index >= 15 is 0 Å². The summed E-state index contributed by atoms with van der Waals surface area (Å²) in [7, 11) is 1.49. The molecule has 0 aliphatic heterocycles. The highest BCUT2D eigenvalue weighted by atomic mass is 16.5. The van der Waals surface area contributed by atoms with Crippen LogP contribution in [0.25, 0.3) is 11.1 Å². The second-order valence-electron chi connectivity index (χ2n) is 5.67. The van der Waals surface area contributed by atoms with Gasteiger partial charge < -0.3 is 13.9 Å². The van der Waals surface area contributed by atoms with Crippen LogP contribution in [-0.4, -0.2) is 23.4 Å². The van der Waals surface area contributed by atoms with E-state index in [9.17, 15) is 14.4 Å². The summed E-state index contributed by atoms with van der Waals surface area (Å²) in [6.45, 7) is 1.10. The molecule has 0 aliphatic carbocycles. The summed E-state index contributed by atoms with van der Waals surface area (Å²) in [4.78, 5) is 35.6. The molecule has 3 aromatic rings. The van der Waals surface area contributed by atoms with E-state index in [0.717, 1.165) is 0 Å². The lowest BCUT2D eigenvalue weighted by Crippen LogP contribution is -2.21. The zero-order valence-corrected chi connectivity index (χ0v) is 14.4. The third kappa shape index (κ3) is 3.51. The molecule has 7 heteroatoms. The van der Waals surface area contributed by atoms with Crippen molar-refractivity contribution in [3.63, 3.8) is 0 Å². The first kappa shape index (κ1) is 17.5. The highest BCUT2D eigenvalue weighted by molar-refractivity contribution is 5.94. The number of ether oxygens (including phenoxy) is 2. The number of benzene rings is 2. The number of carbonyl (C=O) groups excluding carboxylic acids is 2. The maximum absolute atomic E-state index is 12.2. The Balaban J connectivity index is 1.75. The lowest BCUT2D eigenvalue weighted by Gasteiger charge is -2.11. The summed E-state index contributed by atoms with van der Waals surface area (Å²) in [5.41, 5.74) is 1.98. The molecular weight excluding hydrogens is 338 g/mol. The molecule has 7 nitrogen and oxygen atoms in total. The van der Waals surface area contributed by atoms with Gasteiger partial charge in [-0.25, -0.2) is 4.79 Å². The summed E-state index contributed by atoms with van der Waals surface area (Å²) >= 11 is 0. The van der Waals surface area contributed by atoms with Gasteiger partial charge in [-0.15, -0.1) is 0 Å². The zero-order chi connectivity index (χ0) is 18.7. The topological polar surface area (TPSA) is 87.7 Å². The number of hydrogen-bond donors (Lipinski definition) is 0. The molecule has 0 radical (unpaired) electrons. The van der Waals surface area contributed by atoms with Crippen LogP contribution in [0.4, 0.5) is 0 Å². The van der Waals surface area contributed by atoms with Gasteiger partial charge in [-0.1, -0.05) is 12.1 Å². The van der Waals surface area contributed by atoms with Crippen molar-refractivity contribution >= 4 is 22.9 Å². The van der Waals surface area contributed by atoms with E-state index in [1.807, 2.05) is 0 Å². The molecule has 1 heterocycles. The molecule has 0 N–H and O–H groups in total. The Labute approximate surface area is 148 Å². The van der Waals surface area contributed by atoms with Crippen LogP contribution in [-0.2, 0) is 22.7 Å². The molecule has 26 heavy (non-hydrogen) atoms. The highest BCUT2D eigenvalue weighted by Gasteiger charge is 2.15. The Hall–Kier alpha value is -3.35. The van der Waals surface area contributed by atoms with Crippen molar-refractivity contribution in [3.05, 3.63) is 64.1 Å². The first-order valence-corrected chi connectivity index (χ1v) is 7.91. The minimum Gasteiger partial charge on any atom is -0.496 e. The fourth-order valence-electron chi connectivity index (χ4n) is 2.61. The molecule has 0 saturated carbocycles. The summed E-state index contributed by atoms with van der Waals surface area (Å²) in [5.74, 6) is -0.821. The van der Waals surface area contributed by atoms with Crippen LogP contribution in [0.15, 0.2) is 51.7 Å². The van der Waals surface area contributed by atoms with Gasteiger partial charge in [-0.3, -0.25) is 14.2 Å². The Morgan fingerprint density at radius 3 is 2.65 bits per heavy atom. The van der Waals surface area contributed by atoms with Crippen LogP contribution in [0, 0.1) is 0 Å². The smallest absolute Gasteiger partial charge is 0.420 e. The van der Waals surface area contributed by atoms with Crippen LogP contribution in [0.2, 0.25) is 0 Å². The Morgan fingerprint density at radius 2 is 1.92 bits per heavy atom. The molecule has 0 saturated heterocycles. The lowest BCUT2D eigenvalue weighted by atomic mass is 10.1. The van der Waals surface area contributed by atoms with E-state index in [1.165, 1.54) is 18.6 Å². The molecule has 134 valence electrons. The maximum atomic E-state index is 12.2. The van der Waals surface area contributed by atoms with Gasteiger partial charge in [0.05, 0.1) is 12.6 Å². The standard InChI is InChI=1S/C19H17NO6/c1-12(21)13-7-8-16(24-2)14(9-13)11-25-18(22)10-20-15-5-3-4-6-17(15)26-19(20)23/h3-9H,10-11H2,1-2H3. The van der Waals surface area contributed by atoms with E-state index < -0.39 is 11.7 Å². The molecule has 3 rings (SSSR count). The number of oxazole rings is 1. The van der Waals surface area contributed by atoms with Crippen LogP contribution in [0.1, 0.15) is 22.8 Å². The third-order valence-corrected chi connectivity index (χ3v) is 3.94. The number of para-hydroxylation sites is 2. The second kappa shape index (κ2) is 7.26. The number of esters is 1. The first-order chi connectivity index (χ1) is 12.5. The number of fused-ring (bicyclic) bond motifs is 1. The second-order valence-corrected chi connectivity index (χ2v) is 5.67. The molecule has 0 bridgehead atoms. The zero-order valence-electron chi connectivity index (χ0n) is 14.4. The Kier molecular flexibility index (Phi) is 4.88. The summed E-state index contributed by atoms with van der Waals surface area (Å²) < 4.78 is 16.8. The van der Waals surface area contributed by atoms with Gasteiger partial charge in [0.15, 0.2) is 11.4 Å². The van der Waals surface area contributed by atoms with Crippen LogP contribution in [0.3, 0.4) is 0 Å². The summed E-state index contributed by atoms with van der Waals surface area (Å²) in [6, 6.07) is 11.7. The normalized spacial score (nSPS) is 10.7. The molecule has 0 fully saturated rings. The Bertz CT molecular complexity index is 1030. The van der Waals surface area contributed by atoms with Crippen molar-refractivity contribution in [1.29, 1.82) is 0 Å². The first-order valence-electron chi connectivity index (χ1n) is 7.91. The van der Waals surface area contributed by atoms with Gasteiger partial charge in [0.2, 0.25) is 0 Å². The van der Waals surface area contributed by atoms with E-state index in [-0.39, 0.29) is 18.9 Å². The van der Waals surface area contributed by atoms with E-state index in [4.69, 9.17) is 13.9 Å². The third-order valence-electron chi connectivity index (χ3n) is 3.94. The van der Waals surface area contributed by atoms with Gasteiger partial charge in [0.25, 0.3) is 0 Å². The largest absolute Gasteiger partial charge is 0.496 e. The minimum absolute atomic E-state index is 0.0757. The van der Waals surface area contributed by atoms with Crippen LogP contribution < -0.4 is 10.5 Å². The fourth-order valence-corrected chi connectivity index (χ4v) is 2.61. The van der Waals surface area contributed by atoms with Crippen LogP contribution in [0.5, 0.6) is 5.75 Å². The average Bonchev–Trinajstić information content (AvgIpc) is 2.95. The van der Waals surface area contributed by atoms with Crippen molar-refractivity contribution in [2.24, 2.45) is 0 Å². The molecular formula is C19H17NO6. The monoisotopic (exact) mass is 355 g/mol. The number of rotatable bonds is 6. The van der Waals surface area contributed by atoms with Gasteiger partial charge >= 0.3 is 11.7 Å². The molecule has 0 spiro atoms. The molecule has 2 aromatic carbocycles. The van der Waals surface area contributed by atoms with Crippen molar-refractivity contribution in [3.8, 4) is 5.75 Å². The number of Topliss-reactive ketones (excluding diaryl/α,β-unsaturated/α-hetero) is 1. The lowest BCUT2D eigenvalue weighted by molar-refractivity contribution is -0.145. The number of aromatic nitrogens is 1. The van der Waals surface area contributed by atoms with Crippen molar-refractivity contribution in [1.82, 2.24) is 4.57 Å². The SMILES string of the molecule is COc1ccc(C(C)=O)cc1COC(=O)Cn1c(=O)oc2ccccc21. The number of methoxy groups -OCH3 is 1. The maximum Gasteiger partial charge on any atom is 0.420 e. The van der Waals surface area contributed by atoms with E-state index in [0.29, 0.717) is 28.0 Å². The summed E-state index contributed by atoms with van der Waals surface area (Å²) in [5, 5.41) is 0. The quantitative estimate of drug-likeness (QED) is 0.499. The minimum atomic E-state index is -0.626. The van der Waals surface area contributed by atoms with E-state index in [1.54, 1.807) is 42.5 Å². The average molecular weight is 355 g/mol. The van der Waals surface area contributed by atoms with Crippen LogP contribution >= 0.6 is 0 Å². The molecule has 1 aromatic heterocycles. The predicted molar refractivity (Wildman–Crippen MR) is 93.3 cm³/mol. The number of carbonyl (C=O) groups is 2. The number of nitrogens with zero attached hydrogens (tertiary/aromatic N) is 1. The van der Waals surface area contributed by atoms with Gasteiger partial charge in [-0.2, -0.15) is 0 Å². The summed E-state index contributed by atoms with van der Waals surface area (Å²) in [6.07, 6.45) is 0. The van der Waals surface area contributed by atoms with Gasteiger partial charge in [0.1, 0.15) is 18.9 Å². The molecule has 0 atom stereocenters. The fraction of sp³-hybridized carbons (Fsp3) is 0.211.